The van der Waals surface area contributed by atoms with E-state index >= 15 is 0 Å². The van der Waals surface area contributed by atoms with Crippen LogP contribution >= 0.6 is 0 Å². The summed E-state index contributed by atoms with van der Waals surface area (Å²) in [5.74, 6) is 1.22. The summed E-state index contributed by atoms with van der Waals surface area (Å²) in [6.45, 7) is 5.51. The first-order chi connectivity index (χ1) is 7.25. The Labute approximate surface area is 91.5 Å². The molecule has 0 radical (unpaired) electrons. The highest BCUT2D eigenvalue weighted by Gasteiger charge is 2.16. The maximum atomic E-state index is 9.68. The quantitative estimate of drug-likeness (QED) is 0.802. The van der Waals surface area contributed by atoms with Gasteiger partial charge < -0.3 is 5.11 Å². The topological polar surface area (TPSA) is 23.5 Å². The molecular formula is C13H19NO. The Balaban J connectivity index is 1.99. The number of hydrogen-bond acceptors (Lipinski definition) is 2. The summed E-state index contributed by atoms with van der Waals surface area (Å²) in [4.78, 5) is 2.43. The van der Waals surface area contributed by atoms with Crippen molar-refractivity contribution < 1.29 is 5.11 Å². The summed E-state index contributed by atoms with van der Waals surface area (Å²) in [5, 5.41) is 9.68. The van der Waals surface area contributed by atoms with Crippen LogP contribution < -0.4 is 0 Å². The van der Waals surface area contributed by atoms with Crippen LogP contribution in [0.1, 0.15) is 25.3 Å². The number of nitrogens with zero attached hydrogens (tertiary/aromatic N) is 1. The maximum absolute atomic E-state index is 9.68. The van der Waals surface area contributed by atoms with E-state index in [1.807, 2.05) is 18.2 Å². The average molecular weight is 205 g/mol. The van der Waals surface area contributed by atoms with Crippen LogP contribution in [0.3, 0.4) is 0 Å². The van der Waals surface area contributed by atoms with Gasteiger partial charge in [-0.15, -0.1) is 0 Å². The zero-order chi connectivity index (χ0) is 10.7. The zero-order valence-electron chi connectivity index (χ0n) is 9.32. The molecule has 0 spiro atoms. The molecule has 1 heterocycles. The van der Waals surface area contributed by atoms with Gasteiger partial charge >= 0.3 is 0 Å². The van der Waals surface area contributed by atoms with E-state index in [9.17, 15) is 5.11 Å². The van der Waals surface area contributed by atoms with Gasteiger partial charge in [0.2, 0.25) is 0 Å². The normalized spacial score (nSPS) is 22.9. The molecule has 1 aliphatic rings. The molecule has 0 saturated carbocycles. The molecular weight excluding hydrogens is 186 g/mol. The number of phenols is 1. The van der Waals surface area contributed by atoms with Crippen LogP contribution in [0.2, 0.25) is 0 Å². The lowest BCUT2D eigenvalue weighted by Gasteiger charge is -2.30. The number of aromatic hydroxyl groups is 1. The summed E-state index contributed by atoms with van der Waals surface area (Å²) in [5.41, 5.74) is 1.05. The van der Waals surface area contributed by atoms with Gasteiger partial charge in [-0.25, -0.2) is 0 Å². The summed E-state index contributed by atoms with van der Waals surface area (Å²) in [7, 11) is 0. The van der Waals surface area contributed by atoms with E-state index in [4.69, 9.17) is 0 Å². The third-order valence-electron chi connectivity index (χ3n) is 3.13. The third-order valence-corrected chi connectivity index (χ3v) is 3.13. The molecule has 2 nitrogen and oxygen atoms in total. The molecule has 1 aromatic carbocycles. The number of hydrogen-bond donors (Lipinski definition) is 1. The van der Waals surface area contributed by atoms with Crippen LogP contribution in [0.15, 0.2) is 24.3 Å². The highest BCUT2D eigenvalue weighted by molar-refractivity contribution is 5.31. The number of rotatable bonds is 2. The second-order valence-corrected chi connectivity index (χ2v) is 4.61. The lowest BCUT2D eigenvalue weighted by molar-refractivity contribution is 0.175. The van der Waals surface area contributed by atoms with Gasteiger partial charge in [0.15, 0.2) is 0 Å². The third kappa shape index (κ3) is 2.72. The van der Waals surface area contributed by atoms with Gasteiger partial charge in [-0.2, -0.15) is 0 Å². The Morgan fingerprint density at radius 1 is 1.40 bits per heavy atom. The van der Waals surface area contributed by atoms with Crippen LogP contribution in [0.25, 0.3) is 0 Å². The standard InChI is InChI=1S/C13H19NO/c1-11-5-4-8-14(9-11)10-12-6-2-3-7-13(12)15/h2-3,6-7,11,15H,4-5,8-10H2,1H3. The van der Waals surface area contributed by atoms with Crippen molar-refractivity contribution in [1.29, 1.82) is 0 Å². The second kappa shape index (κ2) is 4.67. The maximum Gasteiger partial charge on any atom is 0.120 e. The fourth-order valence-corrected chi connectivity index (χ4v) is 2.32. The van der Waals surface area contributed by atoms with Crippen molar-refractivity contribution >= 4 is 0 Å². The van der Waals surface area contributed by atoms with Crippen molar-refractivity contribution in [1.82, 2.24) is 4.90 Å². The largest absolute Gasteiger partial charge is 0.508 e. The molecule has 0 aromatic heterocycles. The second-order valence-electron chi connectivity index (χ2n) is 4.61. The minimum Gasteiger partial charge on any atom is -0.508 e. The van der Waals surface area contributed by atoms with E-state index in [1.165, 1.54) is 19.4 Å². The molecule has 1 saturated heterocycles. The monoisotopic (exact) mass is 205 g/mol. The van der Waals surface area contributed by atoms with Crippen molar-refractivity contribution in [2.45, 2.75) is 26.3 Å². The number of piperidine rings is 1. The smallest absolute Gasteiger partial charge is 0.120 e. The molecule has 0 aliphatic carbocycles. The average Bonchev–Trinajstić information content (AvgIpc) is 2.22. The number of benzene rings is 1. The lowest BCUT2D eigenvalue weighted by Crippen LogP contribution is -2.33. The molecule has 1 aliphatic heterocycles. The SMILES string of the molecule is CC1CCCN(Cc2ccccc2O)C1. The molecule has 2 heteroatoms. The van der Waals surface area contributed by atoms with Crippen molar-refractivity contribution in [2.75, 3.05) is 13.1 Å². The van der Waals surface area contributed by atoms with Gasteiger partial charge in [-0.3, -0.25) is 4.90 Å². The Morgan fingerprint density at radius 3 is 2.93 bits per heavy atom. The number of likely N-dealkylation sites (tertiary alicyclic amines) is 1. The summed E-state index contributed by atoms with van der Waals surface area (Å²) in [6, 6.07) is 7.64. The Kier molecular flexibility index (Phi) is 3.27. The summed E-state index contributed by atoms with van der Waals surface area (Å²) >= 11 is 0. The molecule has 2 rings (SSSR count). The lowest BCUT2D eigenvalue weighted by atomic mass is 10.00. The Hall–Kier alpha value is -1.02. The van der Waals surface area contributed by atoms with E-state index < -0.39 is 0 Å². The minimum atomic E-state index is 0.427. The highest BCUT2D eigenvalue weighted by Crippen LogP contribution is 2.21. The Morgan fingerprint density at radius 2 is 2.20 bits per heavy atom. The molecule has 15 heavy (non-hydrogen) atoms. The first kappa shape index (κ1) is 10.5. The van der Waals surface area contributed by atoms with Crippen LogP contribution in [-0.4, -0.2) is 23.1 Å². The first-order valence-corrected chi connectivity index (χ1v) is 5.75. The number of para-hydroxylation sites is 1. The van der Waals surface area contributed by atoms with Gasteiger partial charge in [0.05, 0.1) is 0 Å². The minimum absolute atomic E-state index is 0.427. The van der Waals surface area contributed by atoms with E-state index in [1.54, 1.807) is 6.07 Å². The van der Waals surface area contributed by atoms with Crippen molar-refractivity contribution in [3.8, 4) is 5.75 Å². The molecule has 1 fully saturated rings. The molecule has 1 atom stereocenters. The predicted octanol–water partition coefficient (Wildman–Crippen LogP) is 2.62. The van der Waals surface area contributed by atoms with Crippen molar-refractivity contribution in [2.24, 2.45) is 5.92 Å². The Bertz CT molecular complexity index is 324. The van der Waals surface area contributed by atoms with Crippen molar-refractivity contribution in [3.05, 3.63) is 29.8 Å². The predicted molar refractivity (Wildman–Crippen MR) is 61.8 cm³/mol. The molecule has 0 bridgehead atoms. The fourth-order valence-electron chi connectivity index (χ4n) is 2.32. The van der Waals surface area contributed by atoms with Gasteiger partial charge in [0.25, 0.3) is 0 Å². The van der Waals surface area contributed by atoms with Crippen LogP contribution in [0.5, 0.6) is 5.75 Å². The highest BCUT2D eigenvalue weighted by atomic mass is 16.3. The van der Waals surface area contributed by atoms with E-state index in [-0.39, 0.29) is 0 Å². The van der Waals surface area contributed by atoms with Gasteiger partial charge in [-0.05, 0) is 31.4 Å². The first-order valence-electron chi connectivity index (χ1n) is 5.75. The molecule has 1 N–H and O–H groups in total. The molecule has 1 aromatic rings. The summed E-state index contributed by atoms with van der Waals surface area (Å²) in [6.07, 6.45) is 2.63. The van der Waals surface area contributed by atoms with Gasteiger partial charge in [-0.1, -0.05) is 25.1 Å². The van der Waals surface area contributed by atoms with Crippen molar-refractivity contribution in [3.63, 3.8) is 0 Å². The molecule has 1 unspecified atom stereocenters. The summed E-state index contributed by atoms with van der Waals surface area (Å²) < 4.78 is 0. The van der Waals surface area contributed by atoms with Crippen LogP contribution in [0.4, 0.5) is 0 Å². The number of phenolic OH excluding ortho intramolecular Hbond substituents is 1. The van der Waals surface area contributed by atoms with E-state index in [0.717, 1.165) is 24.6 Å². The molecule has 82 valence electrons. The van der Waals surface area contributed by atoms with Crippen LogP contribution in [0, 0.1) is 5.92 Å². The van der Waals surface area contributed by atoms with Gasteiger partial charge in [0, 0.05) is 18.7 Å². The van der Waals surface area contributed by atoms with Gasteiger partial charge in [0.1, 0.15) is 5.75 Å². The van der Waals surface area contributed by atoms with Crippen LogP contribution in [-0.2, 0) is 6.54 Å². The van der Waals surface area contributed by atoms with E-state index in [2.05, 4.69) is 11.8 Å². The molecule has 0 amide bonds. The van der Waals surface area contributed by atoms with E-state index in [0.29, 0.717) is 5.75 Å². The fraction of sp³-hybridized carbons (Fsp3) is 0.538. The zero-order valence-corrected chi connectivity index (χ0v) is 9.32.